The quantitative estimate of drug-likeness (QED) is 0.876. The van der Waals surface area contributed by atoms with Gasteiger partial charge >= 0.3 is 0 Å². The lowest BCUT2D eigenvalue weighted by molar-refractivity contribution is 0.0925. The van der Waals surface area contributed by atoms with E-state index in [9.17, 15) is 4.79 Å². The zero-order valence-electron chi connectivity index (χ0n) is 10.5. The Labute approximate surface area is 102 Å². The Bertz CT molecular complexity index is 400. The van der Waals surface area contributed by atoms with Crippen LogP contribution < -0.4 is 5.73 Å². The molecule has 2 rings (SSSR count). The van der Waals surface area contributed by atoms with E-state index in [-0.39, 0.29) is 11.8 Å². The van der Waals surface area contributed by atoms with Crippen molar-refractivity contribution in [2.45, 2.75) is 45.2 Å². The van der Waals surface area contributed by atoms with Gasteiger partial charge in [-0.25, -0.2) is 0 Å². The lowest BCUT2D eigenvalue weighted by Crippen LogP contribution is -2.39. The number of piperidine rings is 1. The van der Waals surface area contributed by atoms with Crippen LogP contribution in [-0.2, 0) is 0 Å². The van der Waals surface area contributed by atoms with Crippen molar-refractivity contribution in [1.29, 1.82) is 0 Å². The van der Waals surface area contributed by atoms with E-state index in [4.69, 9.17) is 10.2 Å². The number of amides is 1. The SMILES string of the molecule is CC1CCCCN1C(C)c1ccc(C(N)=O)o1. The number of hydrogen-bond donors (Lipinski definition) is 1. The van der Waals surface area contributed by atoms with Crippen molar-refractivity contribution in [1.82, 2.24) is 4.90 Å². The van der Waals surface area contributed by atoms with Gasteiger partial charge in [0.1, 0.15) is 5.76 Å². The van der Waals surface area contributed by atoms with Crippen LogP contribution in [0, 0.1) is 0 Å². The predicted octanol–water partition coefficient (Wildman–Crippen LogP) is 2.31. The zero-order chi connectivity index (χ0) is 12.4. The highest BCUT2D eigenvalue weighted by molar-refractivity contribution is 5.89. The molecule has 1 aromatic rings. The van der Waals surface area contributed by atoms with E-state index < -0.39 is 5.91 Å². The third kappa shape index (κ3) is 2.52. The minimum absolute atomic E-state index is 0.207. The third-order valence-electron chi connectivity index (χ3n) is 3.63. The van der Waals surface area contributed by atoms with Crippen molar-refractivity contribution in [3.05, 3.63) is 23.7 Å². The maximum Gasteiger partial charge on any atom is 0.284 e. The molecule has 0 aromatic carbocycles. The van der Waals surface area contributed by atoms with Crippen LogP contribution in [0.4, 0.5) is 0 Å². The predicted molar refractivity (Wildman–Crippen MR) is 65.7 cm³/mol. The van der Waals surface area contributed by atoms with Crippen molar-refractivity contribution >= 4 is 5.91 Å². The monoisotopic (exact) mass is 236 g/mol. The molecule has 0 aliphatic carbocycles. The van der Waals surface area contributed by atoms with E-state index in [2.05, 4.69) is 18.7 Å². The first-order chi connectivity index (χ1) is 8.09. The Hall–Kier alpha value is -1.29. The number of likely N-dealkylation sites (tertiary alicyclic amines) is 1. The number of carbonyl (C=O) groups excluding carboxylic acids is 1. The van der Waals surface area contributed by atoms with Gasteiger partial charge in [-0.3, -0.25) is 9.69 Å². The van der Waals surface area contributed by atoms with E-state index in [1.165, 1.54) is 19.3 Å². The summed E-state index contributed by atoms with van der Waals surface area (Å²) in [6, 6.07) is 4.29. The summed E-state index contributed by atoms with van der Waals surface area (Å²) >= 11 is 0. The van der Waals surface area contributed by atoms with Crippen molar-refractivity contribution in [3.63, 3.8) is 0 Å². The molecule has 1 aliphatic heterocycles. The fraction of sp³-hybridized carbons (Fsp3) is 0.615. The van der Waals surface area contributed by atoms with E-state index >= 15 is 0 Å². The molecule has 1 fully saturated rings. The van der Waals surface area contributed by atoms with Gasteiger partial charge < -0.3 is 10.2 Å². The van der Waals surface area contributed by atoms with Gasteiger partial charge in [0.25, 0.3) is 5.91 Å². The number of nitrogens with zero attached hydrogens (tertiary/aromatic N) is 1. The minimum atomic E-state index is -0.504. The van der Waals surface area contributed by atoms with Crippen molar-refractivity contribution in [2.75, 3.05) is 6.54 Å². The molecule has 0 bridgehead atoms. The van der Waals surface area contributed by atoms with Crippen LogP contribution in [0.25, 0.3) is 0 Å². The molecule has 0 radical (unpaired) electrons. The summed E-state index contributed by atoms with van der Waals surface area (Å²) in [4.78, 5) is 13.4. The standard InChI is InChI=1S/C13H20N2O2/c1-9-5-3-4-8-15(9)10(2)11-6-7-12(17-11)13(14)16/h6-7,9-10H,3-5,8H2,1-2H3,(H2,14,16). The fourth-order valence-electron chi connectivity index (χ4n) is 2.57. The highest BCUT2D eigenvalue weighted by atomic mass is 16.4. The normalized spacial score (nSPS) is 23.5. The van der Waals surface area contributed by atoms with Crippen LogP contribution in [0.3, 0.4) is 0 Å². The van der Waals surface area contributed by atoms with Crippen LogP contribution in [0.15, 0.2) is 16.5 Å². The molecule has 4 nitrogen and oxygen atoms in total. The van der Waals surface area contributed by atoms with Crippen LogP contribution in [0.2, 0.25) is 0 Å². The van der Waals surface area contributed by atoms with E-state index in [0.717, 1.165) is 12.3 Å². The Morgan fingerprint density at radius 2 is 2.29 bits per heavy atom. The van der Waals surface area contributed by atoms with Crippen LogP contribution in [0.5, 0.6) is 0 Å². The topological polar surface area (TPSA) is 59.5 Å². The summed E-state index contributed by atoms with van der Waals surface area (Å²) in [7, 11) is 0. The molecule has 94 valence electrons. The number of carbonyl (C=O) groups is 1. The highest BCUT2D eigenvalue weighted by Crippen LogP contribution is 2.29. The molecule has 0 spiro atoms. The number of primary amides is 1. The summed E-state index contributed by atoms with van der Waals surface area (Å²) in [5.74, 6) is 0.569. The lowest BCUT2D eigenvalue weighted by atomic mass is 10.0. The molecule has 4 heteroatoms. The molecule has 2 atom stereocenters. The van der Waals surface area contributed by atoms with Crippen molar-refractivity contribution in [2.24, 2.45) is 5.73 Å². The molecule has 1 saturated heterocycles. The van der Waals surface area contributed by atoms with E-state index in [1.807, 2.05) is 6.07 Å². The molecular weight excluding hydrogens is 216 g/mol. The smallest absolute Gasteiger partial charge is 0.284 e. The summed E-state index contributed by atoms with van der Waals surface area (Å²) in [5, 5.41) is 0. The average Bonchev–Trinajstić information content (AvgIpc) is 2.78. The third-order valence-corrected chi connectivity index (χ3v) is 3.63. The summed E-state index contributed by atoms with van der Waals surface area (Å²) in [6.07, 6.45) is 3.76. The van der Waals surface area contributed by atoms with Gasteiger partial charge in [0, 0.05) is 6.04 Å². The van der Waals surface area contributed by atoms with Crippen LogP contribution in [0.1, 0.15) is 55.5 Å². The van der Waals surface area contributed by atoms with Gasteiger partial charge in [0.15, 0.2) is 5.76 Å². The summed E-state index contributed by atoms with van der Waals surface area (Å²) in [5.41, 5.74) is 5.19. The maximum absolute atomic E-state index is 11.0. The Kier molecular flexibility index (Phi) is 3.52. The van der Waals surface area contributed by atoms with Crippen molar-refractivity contribution in [3.8, 4) is 0 Å². The van der Waals surface area contributed by atoms with Gasteiger partial charge in [-0.1, -0.05) is 6.42 Å². The van der Waals surface area contributed by atoms with Crippen molar-refractivity contribution < 1.29 is 9.21 Å². The molecule has 2 unspecified atom stereocenters. The van der Waals surface area contributed by atoms with Crippen LogP contribution >= 0.6 is 0 Å². The molecule has 1 amide bonds. The first-order valence-electron chi connectivity index (χ1n) is 6.25. The molecule has 0 saturated carbocycles. The minimum Gasteiger partial charge on any atom is -0.454 e. The molecular formula is C13H20N2O2. The average molecular weight is 236 g/mol. The van der Waals surface area contributed by atoms with Gasteiger partial charge in [-0.2, -0.15) is 0 Å². The van der Waals surface area contributed by atoms with E-state index in [1.54, 1.807) is 6.07 Å². The second-order valence-electron chi connectivity index (χ2n) is 4.82. The molecule has 1 aliphatic rings. The number of nitrogens with two attached hydrogens (primary N) is 1. The second-order valence-corrected chi connectivity index (χ2v) is 4.82. The van der Waals surface area contributed by atoms with Gasteiger partial charge in [0.2, 0.25) is 0 Å². The first kappa shape index (κ1) is 12.2. The highest BCUT2D eigenvalue weighted by Gasteiger charge is 2.26. The Balaban J connectivity index is 2.12. The Morgan fingerprint density at radius 3 is 2.88 bits per heavy atom. The largest absolute Gasteiger partial charge is 0.454 e. The number of rotatable bonds is 3. The van der Waals surface area contributed by atoms with Crippen LogP contribution in [-0.4, -0.2) is 23.4 Å². The molecule has 2 N–H and O–H groups in total. The molecule has 2 heterocycles. The first-order valence-corrected chi connectivity index (χ1v) is 6.25. The lowest BCUT2D eigenvalue weighted by Gasteiger charge is -2.37. The molecule has 17 heavy (non-hydrogen) atoms. The summed E-state index contributed by atoms with van der Waals surface area (Å²) in [6.45, 7) is 5.45. The maximum atomic E-state index is 11.0. The van der Waals surface area contributed by atoms with Gasteiger partial charge in [-0.15, -0.1) is 0 Å². The zero-order valence-corrected chi connectivity index (χ0v) is 10.5. The van der Waals surface area contributed by atoms with Gasteiger partial charge in [-0.05, 0) is 45.4 Å². The second kappa shape index (κ2) is 4.92. The van der Waals surface area contributed by atoms with Gasteiger partial charge in [0.05, 0.1) is 6.04 Å². The summed E-state index contributed by atoms with van der Waals surface area (Å²) < 4.78 is 5.49. The number of hydrogen-bond acceptors (Lipinski definition) is 3. The fourth-order valence-corrected chi connectivity index (χ4v) is 2.57. The van der Waals surface area contributed by atoms with E-state index in [0.29, 0.717) is 6.04 Å². The molecule has 1 aromatic heterocycles. The Morgan fingerprint density at radius 1 is 1.53 bits per heavy atom. The number of furan rings is 1.